The van der Waals surface area contributed by atoms with E-state index >= 15 is 0 Å². The van der Waals surface area contributed by atoms with Crippen molar-refractivity contribution in [2.24, 2.45) is 10.7 Å². The Bertz CT molecular complexity index is 251. The van der Waals surface area contributed by atoms with Gasteiger partial charge in [-0.25, -0.2) is 0 Å². The fourth-order valence-corrected chi connectivity index (χ4v) is 1.61. The quantitative estimate of drug-likeness (QED) is 0.322. The maximum Gasteiger partial charge on any atom is 0.188 e. The van der Waals surface area contributed by atoms with Crippen molar-refractivity contribution < 1.29 is 4.74 Å². The first-order chi connectivity index (χ1) is 7.68. The van der Waals surface area contributed by atoms with Gasteiger partial charge >= 0.3 is 0 Å². The zero-order valence-electron chi connectivity index (χ0n) is 10.3. The number of nitrogens with two attached hydrogens (primary N) is 1. The summed E-state index contributed by atoms with van der Waals surface area (Å²) < 4.78 is 5.46. The van der Waals surface area contributed by atoms with Crippen molar-refractivity contribution in [3.05, 3.63) is 11.6 Å². The van der Waals surface area contributed by atoms with Gasteiger partial charge in [0.2, 0.25) is 0 Å². The zero-order valence-corrected chi connectivity index (χ0v) is 10.3. The van der Waals surface area contributed by atoms with E-state index in [0.29, 0.717) is 12.5 Å². The SMILES string of the molecule is CC(C)=CCCNC(N)=NCC1CCCO1. The van der Waals surface area contributed by atoms with Gasteiger partial charge < -0.3 is 15.8 Å². The molecule has 3 N–H and O–H groups in total. The summed E-state index contributed by atoms with van der Waals surface area (Å²) in [6, 6.07) is 0. The number of hydrogen-bond acceptors (Lipinski definition) is 2. The molecule has 0 radical (unpaired) electrons. The van der Waals surface area contributed by atoms with Crippen molar-refractivity contribution in [3.8, 4) is 0 Å². The van der Waals surface area contributed by atoms with Crippen LogP contribution in [0, 0.1) is 0 Å². The summed E-state index contributed by atoms with van der Waals surface area (Å²) >= 11 is 0. The predicted molar refractivity (Wildman–Crippen MR) is 67.5 cm³/mol. The Morgan fingerprint density at radius 1 is 1.56 bits per heavy atom. The fourth-order valence-electron chi connectivity index (χ4n) is 1.61. The number of aliphatic imine (C=N–C) groups is 1. The highest BCUT2D eigenvalue weighted by Crippen LogP contribution is 2.11. The Balaban J connectivity index is 2.10. The maximum atomic E-state index is 5.73. The van der Waals surface area contributed by atoms with Crippen LogP contribution in [-0.2, 0) is 4.74 Å². The molecule has 0 aromatic rings. The van der Waals surface area contributed by atoms with Gasteiger partial charge in [-0.15, -0.1) is 0 Å². The average molecular weight is 225 g/mol. The monoisotopic (exact) mass is 225 g/mol. The van der Waals surface area contributed by atoms with Crippen LogP contribution in [0.25, 0.3) is 0 Å². The van der Waals surface area contributed by atoms with Crippen LogP contribution in [-0.4, -0.2) is 31.8 Å². The highest BCUT2D eigenvalue weighted by Gasteiger charge is 2.14. The fraction of sp³-hybridized carbons (Fsp3) is 0.750. The van der Waals surface area contributed by atoms with Crippen LogP contribution in [0.1, 0.15) is 33.1 Å². The summed E-state index contributed by atoms with van der Waals surface area (Å²) in [6.45, 7) is 6.57. The second-order valence-electron chi connectivity index (χ2n) is 4.36. The van der Waals surface area contributed by atoms with Crippen LogP contribution in [0.4, 0.5) is 0 Å². The topological polar surface area (TPSA) is 59.6 Å². The number of guanidine groups is 1. The number of allylic oxidation sites excluding steroid dienone is 1. The Hall–Kier alpha value is -1.03. The minimum atomic E-state index is 0.276. The van der Waals surface area contributed by atoms with E-state index in [9.17, 15) is 0 Å². The summed E-state index contributed by atoms with van der Waals surface area (Å²) in [6.07, 6.45) is 5.69. The molecule has 92 valence electrons. The molecule has 4 heteroatoms. The van der Waals surface area contributed by atoms with Crippen LogP contribution in [0.2, 0.25) is 0 Å². The van der Waals surface area contributed by atoms with Gasteiger partial charge in [0, 0.05) is 13.2 Å². The van der Waals surface area contributed by atoms with Gasteiger partial charge in [-0.3, -0.25) is 4.99 Å². The molecule has 0 saturated carbocycles. The summed E-state index contributed by atoms with van der Waals surface area (Å²) in [7, 11) is 0. The van der Waals surface area contributed by atoms with Gasteiger partial charge in [0.15, 0.2) is 5.96 Å². The Kier molecular flexibility index (Phi) is 5.93. The van der Waals surface area contributed by atoms with E-state index in [-0.39, 0.29) is 6.10 Å². The third-order valence-corrected chi connectivity index (χ3v) is 2.49. The van der Waals surface area contributed by atoms with Gasteiger partial charge in [0.25, 0.3) is 0 Å². The number of nitrogens with zero attached hydrogens (tertiary/aromatic N) is 1. The van der Waals surface area contributed by atoms with Gasteiger partial charge in [-0.1, -0.05) is 11.6 Å². The van der Waals surface area contributed by atoms with Gasteiger partial charge in [-0.2, -0.15) is 0 Å². The van der Waals surface area contributed by atoms with E-state index in [1.165, 1.54) is 5.57 Å². The Labute approximate surface area is 98.0 Å². The number of nitrogens with one attached hydrogen (secondary N) is 1. The number of ether oxygens (including phenoxy) is 1. The lowest BCUT2D eigenvalue weighted by Crippen LogP contribution is -2.33. The van der Waals surface area contributed by atoms with E-state index in [2.05, 4.69) is 30.2 Å². The van der Waals surface area contributed by atoms with E-state index < -0.39 is 0 Å². The third kappa shape index (κ3) is 5.75. The van der Waals surface area contributed by atoms with Crippen LogP contribution < -0.4 is 11.1 Å². The molecule has 0 amide bonds. The van der Waals surface area contributed by atoms with Crippen molar-refractivity contribution in [2.75, 3.05) is 19.7 Å². The number of hydrogen-bond donors (Lipinski definition) is 2. The first kappa shape index (κ1) is 13.0. The van der Waals surface area contributed by atoms with Crippen molar-refractivity contribution >= 4 is 5.96 Å². The van der Waals surface area contributed by atoms with E-state index in [1.807, 2.05) is 0 Å². The molecule has 1 rings (SSSR count). The molecule has 16 heavy (non-hydrogen) atoms. The highest BCUT2D eigenvalue weighted by atomic mass is 16.5. The molecule has 1 atom stereocenters. The minimum absolute atomic E-state index is 0.276. The molecule has 1 unspecified atom stereocenters. The molecule has 0 aliphatic carbocycles. The summed E-state index contributed by atoms with van der Waals surface area (Å²) in [5.74, 6) is 0.526. The van der Waals surface area contributed by atoms with Crippen molar-refractivity contribution in [1.82, 2.24) is 5.32 Å². The third-order valence-electron chi connectivity index (χ3n) is 2.49. The predicted octanol–water partition coefficient (Wildman–Crippen LogP) is 1.43. The molecule has 0 aromatic carbocycles. The van der Waals surface area contributed by atoms with Crippen molar-refractivity contribution in [3.63, 3.8) is 0 Å². The second-order valence-corrected chi connectivity index (χ2v) is 4.36. The minimum Gasteiger partial charge on any atom is -0.376 e. The zero-order chi connectivity index (χ0) is 11.8. The maximum absolute atomic E-state index is 5.73. The lowest BCUT2D eigenvalue weighted by atomic mass is 10.2. The van der Waals surface area contributed by atoms with E-state index in [0.717, 1.165) is 32.4 Å². The second kappa shape index (κ2) is 7.28. The van der Waals surface area contributed by atoms with Crippen LogP contribution in [0.3, 0.4) is 0 Å². The van der Waals surface area contributed by atoms with Gasteiger partial charge in [0.05, 0.1) is 12.6 Å². The standard InChI is InChI=1S/C12H23N3O/c1-10(2)5-3-7-14-12(13)15-9-11-6-4-8-16-11/h5,11H,3-4,6-9H2,1-2H3,(H3,13,14,15). The lowest BCUT2D eigenvalue weighted by Gasteiger charge is -2.07. The van der Waals surface area contributed by atoms with E-state index in [1.54, 1.807) is 0 Å². The molecule has 1 saturated heterocycles. The molecule has 0 aromatic heterocycles. The van der Waals surface area contributed by atoms with Crippen molar-refractivity contribution in [2.45, 2.75) is 39.2 Å². The van der Waals surface area contributed by atoms with Crippen molar-refractivity contribution in [1.29, 1.82) is 0 Å². The normalized spacial score (nSPS) is 20.9. The summed E-state index contributed by atoms with van der Waals surface area (Å²) in [5, 5.41) is 3.09. The lowest BCUT2D eigenvalue weighted by molar-refractivity contribution is 0.118. The highest BCUT2D eigenvalue weighted by molar-refractivity contribution is 5.77. The summed E-state index contributed by atoms with van der Waals surface area (Å²) in [5.41, 5.74) is 7.06. The van der Waals surface area contributed by atoms with Gasteiger partial charge in [0.1, 0.15) is 0 Å². The van der Waals surface area contributed by atoms with Crippen LogP contribution in [0.5, 0.6) is 0 Å². The molecule has 4 nitrogen and oxygen atoms in total. The largest absolute Gasteiger partial charge is 0.376 e. The van der Waals surface area contributed by atoms with Crippen LogP contribution in [0.15, 0.2) is 16.6 Å². The molecule has 1 aliphatic heterocycles. The smallest absolute Gasteiger partial charge is 0.188 e. The Morgan fingerprint density at radius 3 is 3.00 bits per heavy atom. The Morgan fingerprint density at radius 2 is 2.38 bits per heavy atom. The van der Waals surface area contributed by atoms with E-state index in [4.69, 9.17) is 10.5 Å². The molecular formula is C12H23N3O. The molecule has 0 spiro atoms. The molecule has 1 aliphatic rings. The summed E-state index contributed by atoms with van der Waals surface area (Å²) in [4.78, 5) is 4.26. The average Bonchev–Trinajstić information content (AvgIpc) is 2.74. The molecule has 1 fully saturated rings. The van der Waals surface area contributed by atoms with Crippen LogP contribution >= 0.6 is 0 Å². The molecule has 1 heterocycles. The first-order valence-electron chi connectivity index (χ1n) is 5.97. The van der Waals surface area contributed by atoms with Gasteiger partial charge in [-0.05, 0) is 33.1 Å². The molecule has 0 bridgehead atoms. The number of rotatable bonds is 5. The molecular weight excluding hydrogens is 202 g/mol. The first-order valence-corrected chi connectivity index (χ1v) is 5.97.